The van der Waals surface area contributed by atoms with Gasteiger partial charge in [0.05, 0.1) is 0 Å². The zero-order valence-corrected chi connectivity index (χ0v) is 14.2. The summed E-state index contributed by atoms with van der Waals surface area (Å²) in [5.41, 5.74) is 0.407. The van der Waals surface area contributed by atoms with E-state index in [4.69, 9.17) is 9.47 Å². The molecule has 0 aliphatic carbocycles. The molecule has 4 nitrogen and oxygen atoms in total. The van der Waals surface area contributed by atoms with Crippen LogP contribution in [-0.4, -0.2) is 22.4 Å². The van der Waals surface area contributed by atoms with Crippen molar-refractivity contribution in [3.8, 4) is 0 Å². The van der Waals surface area contributed by atoms with Gasteiger partial charge in [-0.2, -0.15) is 0 Å². The van der Waals surface area contributed by atoms with Crippen LogP contribution in [-0.2, 0) is 25.7 Å². The van der Waals surface area contributed by atoms with Crippen LogP contribution in [0.5, 0.6) is 0 Å². The van der Waals surface area contributed by atoms with E-state index in [0.29, 0.717) is 6.42 Å². The van der Waals surface area contributed by atoms with Gasteiger partial charge < -0.3 is 9.47 Å². The van der Waals surface area contributed by atoms with Gasteiger partial charge in [0.15, 0.2) is 0 Å². The van der Waals surface area contributed by atoms with Crippen LogP contribution in [0.2, 0.25) is 0 Å². The second-order valence-electron chi connectivity index (χ2n) is 5.69. The van der Waals surface area contributed by atoms with Crippen molar-refractivity contribution >= 4 is 27.9 Å². The number of hydrogen-bond acceptors (Lipinski definition) is 4. The summed E-state index contributed by atoms with van der Waals surface area (Å²) >= 11 is 3.24. The Bertz CT molecular complexity index is 465. The summed E-state index contributed by atoms with van der Waals surface area (Å²) in [4.78, 5) is 22.9. The Labute approximate surface area is 133 Å². The van der Waals surface area contributed by atoms with Gasteiger partial charge in [-0.05, 0) is 32.8 Å². The number of carbonyl (C=O) groups excluding carboxylic acids is 2. The van der Waals surface area contributed by atoms with Crippen molar-refractivity contribution in [2.45, 2.75) is 50.6 Å². The molecule has 5 heteroatoms. The largest absolute Gasteiger partial charge is 0.461 e. The lowest BCUT2D eigenvalue weighted by atomic mass is 10.2. The minimum absolute atomic E-state index is 0.169. The number of alkyl halides is 1. The molecule has 0 heterocycles. The lowest BCUT2D eigenvalue weighted by Gasteiger charge is -2.21. The lowest BCUT2D eigenvalue weighted by molar-refractivity contribution is -0.154. The SMILES string of the molecule is CC(C)(C)OC(=O)[C@@H](Br)CCC(=O)OCc1ccccc1. The predicted molar refractivity (Wildman–Crippen MR) is 84.0 cm³/mol. The molecule has 0 N–H and O–H groups in total. The fraction of sp³-hybridized carbons (Fsp3) is 0.500. The maximum absolute atomic E-state index is 11.7. The third kappa shape index (κ3) is 7.85. The maximum Gasteiger partial charge on any atom is 0.320 e. The summed E-state index contributed by atoms with van der Waals surface area (Å²) in [7, 11) is 0. The number of ether oxygens (including phenoxy) is 2. The molecule has 0 unspecified atom stereocenters. The lowest BCUT2D eigenvalue weighted by Crippen LogP contribution is -2.29. The second kappa shape index (κ2) is 8.17. The summed E-state index contributed by atoms with van der Waals surface area (Å²) in [6, 6.07) is 9.46. The van der Waals surface area contributed by atoms with Crippen LogP contribution in [0.4, 0.5) is 0 Å². The number of hydrogen-bond donors (Lipinski definition) is 0. The molecule has 0 amide bonds. The average molecular weight is 357 g/mol. The molecule has 116 valence electrons. The van der Waals surface area contributed by atoms with E-state index >= 15 is 0 Å². The van der Waals surface area contributed by atoms with E-state index in [-0.39, 0.29) is 25.0 Å². The Morgan fingerprint density at radius 1 is 1.19 bits per heavy atom. The highest BCUT2D eigenvalue weighted by Gasteiger charge is 2.23. The van der Waals surface area contributed by atoms with Gasteiger partial charge in [-0.25, -0.2) is 0 Å². The Balaban J connectivity index is 2.28. The topological polar surface area (TPSA) is 52.6 Å². The molecule has 0 spiro atoms. The fourth-order valence-corrected chi connectivity index (χ4v) is 1.86. The van der Waals surface area contributed by atoms with Gasteiger partial charge >= 0.3 is 11.9 Å². The van der Waals surface area contributed by atoms with Crippen LogP contribution in [0.3, 0.4) is 0 Å². The zero-order valence-electron chi connectivity index (χ0n) is 12.6. The van der Waals surface area contributed by atoms with Crippen LogP contribution in [0.25, 0.3) is 0 Å². The molecule has 0 radical (unpaired) electrons. The van der Waals surface area contributed by atoms with Crippen LogP contribution < -0.4 is 0 Å². The van der Waals surface area contributed by atoms with Gasteiger partial charge in [0.2, 0.25) is 0 Å². The first-order valence-corrected chi connectivity index (χ1v) is 7.76. The Morgan fingerprint density at radius 3 is 2.38 bits per heavy atom. The van der Waals surface area contributed by atoms with E-state index in [9.17, 15) is 9.59 Å². The van der Waals surface area contributed by atoms with Crippen molar-refractivity contribution in [3.05, 3.63) is 35.9 Å². The molecule has 1 aromatic carbocycles. The number of benzene rings is 1. The second-order valence-corrected chi connectivity index (χ2v) is 6.79. The van der Waals surface area contributed by atoms with E-state index in [0.717, 1.165) is 5.56 Å². The standard InChI is InChI=1S/C16H21BrO4/c1-16(2,3)21-15(19)13(17)9-10-14(18)20-11-12-7-5-4-6-8-12/h4-8,13H,9-11H2,1-3H3/t13-/m0/s1. The fourth-order valence-electron chi connectivity index (χ4n) is 1.54. The minimum Gasteiger partial charge on any atom is -0.461 e. The molecule has 0 aliphatic heterocycles. The summed E-state index contributed by atoms with van der Waals surface area (Å²) in [5, 5.41) is 0. The third-order valence-electron chi connectivity index (χ3n) is 2.51. The molecule has 0 bridgehead atoms. The van der Waals surface area contributed by atoms with Crippen molar-refractivity contribution in [3.63, 3.8) is 0 Å². The van der Waals surface area contributed by atoms with E-state index in [1.165, 1.54) is 0 Å². The van der Waals surface area contributed by atoms with Gasteiger partial charge in [-0.15, -0.1) is 0 Å². The molecular formula is C16H21BrO4. The normalized spacial score (nSPS) is 12.6. The van der Waals surface area contributed by atoms with Crippen molar-refractivity contribution in [1.29, 1.82) is 0 Å². The Hall–Kier alpha value is -1.36. The average Bonchev–Trinajstić information content (AvgIpc) is 2.41. The molecule has 0 aliphatic rings. The molecule has 1 rings (SSSR count). The maximum atomic E-state index is 11.7. The van der Waals surface area contributed by atoms with E-state index < -0.39 is 10.4 Å². The van der Waals surface area contributed by atoms with Crippen LogP contribution in [0, 0.1) is 0 Å². The first kappa shape index (κ1) is 17.7. The van der Waals surface area contributed by atoms with Crippen LogP contribution in [0.15, 0.2) is 30.3 Å². The molecule has 0 fully saturated rings. The summed E-state index contributed by atoms with van der Waals surface area (Å²) in [6.45, 7) is 5.66. The highest BCUT2D eigenvalue weighted by Crippen LogP contribution is 2.16. The van der Waals surface area contributed by atoms with E-state index in [1.807, 2.05) is 30.3 Å². The number of halogens is 1. The highest BCUT2D eigenvalue weighted by molar-refractivity contribution is 9.10. The number of esters is 2. The quantitative estimate of drug-likeness (QED) is 0.577. The Kier molecular flexibility index (Phi) is 6.89. The van der Waals surface area contributed by atoms with Crippen LogP contribution in [0.1, 0.15) is 39.2 Å². The van der Waals surface area contributed by atoms with Gasteiger partial charge in [0.25, 0.3) is 0 Å². The molecule has 0 saturated carbocycles. The summed E-state index contributed by atoms with van der Waals surface area (Å²) in [5.74, 6) is -0.690. The zero-order chi connectivity index (χ0) is 15.9. The van der Waals surface area contributed by atoms with Crippen molar-refractivity contribution < 1.29 is 19.1 Å². The van der Waals surface area contributed by atoms with Crippen LogP contribution >= 0.6 is 15.9 Å². The molecular weight excluding hydrogens is 336 g/mol. The van der Waals surface area contributed by atoms with E-state index in [1.54, 1.807) is 20.8 Å². The van der Waals surface area contributed by atoms with Gasteiger partial charge in [-0.3, -0.25) is 9.59 Å². The van der Waals surface area contributed by atoms with Gasteiger partial charge in [-0.1, -0.05) is 46.3 Å². The molecule has 0 aromatic heterocycles. The highest BCUT2D eigenvalue weighted by atomic mass is 79.9. The van der Waals surface area contributed by atoms with Gasteiger partial charge in [0.1, 0.15) is 17.0 Å². The molecule has 1 aromatic rings. The van der Waals surface area contributed by atoms with E-state index in [2.05, 4.69) is 15.9 Å². The number of rotatable bonds is 6. The van der Waals surface area contributed by atoms with Gasteiger partial charge in [0, 0.05) is 6.42 Å². The first-order chi connectivity index (χ1) is 9.78. The smallest absolute Gasteiger partial charge is 0.320 e. The summed E-state index contributed by atoms with van der Waals surface area (Å²) in [6.07, 6.45) is 0.518. The summed E-state index contributed by atoms with van der Waals surface area (Å²) < 4.78 is 10.4. The first-order valence-electron chi connectivity index (χ1n) is 6.84. The minimum atomic E-state index is -0.531. The monoisotopic (exact) mass is 356 g/mol. The van der Waals surface area contributed by atoms with Crippen molar-refractivity contribution in [2.75, 3.05) is 0 Å². The molecule has 1 atom stereocenters. The Morgan fingerprint density at radius 2 is 1.81 bits per heavy atom. The molecule has 21 heavy (non-hydrogen) atoms. The van der Waals surface area contributed by atoms with Crippen molar-refractivity contribution in [1.82, 2.24) is 0 Å². The third-order valence-corrected chi connectivity index (χ3v) is 3.34. The number of carbonyl (C=O) groups is 2. The predicted octanol–water partition coefficient (Wildman–Crippen LogP) is 3.62. The molecule has 0 saturated heterocycles. The van der Waals surface area contributed by atoms with Crippen molar-refractivity contribution in [2.24, 2.45) is 0 Å².